The van der Waals surface area contributed by atoms with E-state index in [9.17, 15) is 10.1 Å². The van der Waals surface area contributed by atoms with Gasteiger partial charge < -0.3 is 4.90 Å². The van der Waals surface area contributed by atoms with Crippen LogP contribution in [0.4, 0.5) is 11.4 Å². The van der Waals surface area contributed by atoms with E-state index in [4.69, 9.17) is 0 Å². The first-order chi connectivity index (χ1) is 7.77. The molecular formula is C9H8N4O3. The van der Waals surface area contributed by atoms with Crippen LogP contribution in [0.2, 0.25) is 0 Å². The maximum atomic E-state index is 10.8. The van der Waals surface area contributed by atoms with Crippen molar-refractivity contribution in [1.29, 1.82) is 0 Å². The Morgan fingerprint density at radius 3 is 2.69 bits per heavy atom. The standard InChI is InChI=1S/C9H8N4O3/c14-13(15)7-3-2-6(12-4-1-5-12)8-9(7)11-16-10-8/h2-3H,1,4-5H2. The molecule has 7 nitrogen and oxygen atoms in total. The van der Waals surface area contributed by atoms with Crippen LogP contribution in [-0.4, -0.2) is 28.3 Å². The van der Waals surface area contributed by atoms with Gasteiger partial charge in [-0.2, -0.15) is 0 Å². The Kier molecular flexibility index (Phi) is 1.79. The molecule has 82 valence electrons. The summed E-state index contributed by atoms with van der Waals surface area (Å²) in [4.78, 5) is 12.4. The van der Waals surface area contributed by atoms with Gasteiger partial charge in [0.15, 0.2) is 5.52 Å². The summed E-state index contributed by atoms with van der Waals surface area (Å²) >= 11 is 0. The third-order valence-corrected chi connectivity index (χ3v) is 2.77. The van der Waals surface area contributed by atoms with Crippen LogP contribution >= 0.6 is 0 Å². The van der Waals surface area contributed by atoms with Crippen LogP contribution in [0.5, 0.6) is 0 Å². The third-order valence-electron chi connectivity index (χ3n) is 2.77. The first-order valence-corrected chi connectivity index (χ1v) is 4.92. The molecular weight excluding hydrogens is 212 g/mol. The molecule has 1 aromatic heterocycles. The molecule has 1 saturated heterocycles. The van der Waals surface area contributed by atoms with E-state index in [1.165, 1.54) is 6.07 Å². The van der Waals surface area contributed by atoms with E-state index in [-0.39, 0.29) is 11.2 Å². The number of non-ortho nitro benzene ring substituents is 1. The highest BCUT2D eigenvalue weighted by Gasteiger charge is 2.24. The summed E-state index contributed by atoms with van der Waals surface area (Å²) in [5.74, 6) is 0. The Morgan fingerprint density at radius 1 is 1.31 bits per heavy atom. The molecule has 1 aliphatic rings. The number of aromatic nitrogens is 2. The zero-order valence-corrected chi connectivity index (χ0v) is 8.29. The predicted octanol–water partition coefficient (Wildman–Crippen LogP) is 1.34. The number of nitro benzene ring substituents is 1. The molecule has 1 aromatic carbocycles. The average molecular weight is 220 g/mol. The van der Waals surface area contributed by atoms with Crippen molar-refractivity contribution in [2.45, 2.75) is 6.42 Å². The van der Waals surface area contributed by atoms with Gasteiger partial charge >= 0.3 is 5.69 Å². The highest BCUT2D eigenvalue weighted by molar-refractivity contribution is 5.94. The van der Waals surface area contributed by atoms with Gasteiger partial charge in [-0.05, 0) is 22.8 Å². The number of fused-ring (bicyclic) bond motifs is 1. The number of hydrogen-bond donors (Lipinski definition) is 0. The van der Waals surface area contributed by atoms with Gasteiger partial charge in [0.1, 0.15) is 0 Å². The fourth-order valence-electron chi connectivity index (χ4n) is 1.80. The topological polar surface area (TPSA) is 85.3 Å². The molecule has 0 unspecified atom stereocenters. The van der Waals surface area contributed by atoms with Crippen LogP contribution < -0.4 is 4.90 Å². The minimum atomic E-state index is -0.480. The van der Waals surface area contributed by atoms with Crippen molar-refractivity contribution in [2.75, 3.05) is 18.0 Å². The van der Waals surface area contributed by atoms with Crippen LogP contribution in [0, 0.1) is 10.1 Å². The monoisotopic (exact) mass is 220 g/mol. The first-order valence-electron chi connectivity index (χ1n) is 4.92. The van der Waals surface area contributed by atoms with Gasteiger partial charge in [0.25, 0.3) is 0 Å². The zero-order chi connectivity index (χ0) is 11.1. The van der Waals surface area contributed by atoms with Crippen LogP contribution in [0.1, 0.15) is 6.42 Å². The lowest BCUT2D eigenvalue weighted by Crippen LogP contribution is -2.37. The molecule has 0 aliphatic carbocycles. The number of anilines is 1. The Labute approximate surface area is 89.8 Å². The Balaban J connectivity index is 2.21. The largest absolute Gasteiger partial charge is 0.369 e. The van der Waals surface area contributed by atoms with Gasteiger partial charge in [0, 0.05) is 19.2 Å². The molecule has 2 heterocycles. The van der Waals surface area contributed by atoms with Gasteiger partial charge in [-0.25, -0.2) is 4.63 Å². The SMILES string of the molecule is O=[N+]([O-])c1ccc(N2CCC2)c2nonc12. The molecule has 0 saturated carbocycles. The lowest BCUT2D eigenvalue weighted by Gasteiger charge is -2.32. The molecule has 2 aromatic rings. The number of hydrogen-bond acceptors (Lipinski definition) is 6. The van der Waals surface area contributed by atoms with E-state index in [1.54, 1.807) is 6.07 Å². The van der Waals surface area contributed by atoms with Crippen molar-refractivity contribution in [3.05, 3.63) is 22.2 Å². The second-order valence-corrected chi connectivity index (χ2v) is 3.66. The minimum absolute atomic E-state index is 0.0690. The Morgan fingerprint density at radius 2 is 2.06 bits per heavy atom. The van der Waals surface area contributed by atoms with Gasteiger partial charge in [-0.1, -0.05) is 0 Å². The summed E-state index contributed by atoms with van der Waals surface area (Å²) in [6.45, 7) is 1.89. The molecule has 1 fully saturated rings. The molecule has 0 spiro atoms. The first kappa shape index (κ1) is 9.08. The fraction of sp³-hybridized carbons (Fsp3) is 0.333. The number of rotatable bonds is 2. The molecule has 0 amide bonds. The predicted molar refractivity (Wildman–Crippen MR) is 55.3 cm³/mol. The van der Waals surface area contributed by atoms with Crippen molar-refractivity contribution in [3.63, 3.8) is 0 Å². The van der Waals surface area contributed by atoms with Gasteiger partial charge in [0.2, 0.25) is 5.52 Å². The molecule has 0 atom stereocenters. The van der Waals surface area contributed by atoms with E-state index in [0.29, 0.717) is 5.52 Å². The molecule has 16 heavy (non-hydrogen) atoms. The summed E-state index contributed by atoms with van der Waals surface area (Å²) < 4.78 is 4.58. The molecule has 3 rings (SSSR count). The van der Waals surface area contributed by atoms with Gasteiger partial charge in [-0.15, -0.1) is 0 Å². The van der Waals surface area contributed by atoms with Gasteiger partial charge in [0.05, 0.1) is 10.6 Å². The molecule has 0 bridgehead atoms. The molecule has 1 aliphatic heterocycles. The van der Waals surface area contributed by atoms with E-state index < -0.39 is 4.92 Å². The summed E-state index contributed by atoms with van der Waals surface area (Å²) in [6, 6.07) is 3.14. The number of nitrogens with zero attached hydrogens (tertiary/aromatic N) is 4. The van der Waals surface area contributed by atoms with Crippen molar-refractivity contribution < 1.29 is 9.55 Å². The smallest absolute Gasteiger partial charge is 0.300 e. The van der Waals surface area contributed by atoms with Crippen LogP contribution in [0.15, 0.2) is 16.8 Å². The van der Waals surface area contributed by atoms with E-state index in [0.717, 1.165) is 25.2 Å². The van der Waals surface area contributed by atoms with E-state index >= 15 is 0 Å². The fourth-order valence-corrected chi connectivity index (χ4v) is 1.80. The maximum absolute atomic E-state index is 10.8. The van der Waals surface area contributed by atoms with Crippen molar-refractivity contribution in [3.8, 4) is 0 Å². The average Bonchev–Trinajstić information content (AvgIpc) is 2.63. The van der Waals surface area contributed by atoms with Crippen LogP contribution in [0.25, 0.3) is 11.0 Å². The summed E-state index contributed by atoms with van der Waals surface area (Å²) in [7, 11) is 0. The van der Waals surface area contributed by atoms with E-state index in [1.807, 2.05) is 0 Å². The molecule has 0 radical (unpaired) electrons. The van der Waals surface area contributed by atoms with Crippen LogP contribution in [-0.2, 0) is 0 Å². The third kappa shape index (κ3) is 1.14. The van der Waals surface area contributed by atoms with Crippen molar-refractivity contribution in [2.24, 2.45) is 0 Å². The summed E-state index contributed by atoms with van der Waals surface area (Å²) in [6.07, 6.45) is 1.13. The lowest BCUT2D eigenvalue weighted by molar-refractivity contribution is -0.383. The Hall–Kier alpha value is -2.18. The van der Waals surface area contributed by atoms with Crippen LogP contribution in [0.3, 0.4) is 0 Å². The second kappa shape index (κ2) is 3.16. The second-order valence-electron chi connectivity index (χ2n) is 3.66. The summed E-state index contributed by atoms with van der Waals surface area (Å²) in [5.41, 5.74) is 1.47. The maximum Gasteiger partial charge on any atom is 0.300 e. The summed E-state index contributed by atoms with van der Waals surface area (Å²) in [5, 5.41) is 18.1. The van der Waals surface area contributed by atoms with Gasteiger partial charge in [-0.3, -0.25) is 10.1 Å². The minimum Gasteiger partial charge on any atom is -0.369 e. The number of benzene rings is 1. The Bertz CT molecular complexity index is 561. The highest BCUT2D eigenvalue weighted by atomic mass is 16.6. The number of nitro groups is 1. The highest BCUT2D eigenvalue weighted by Crippen LogP contribution is 2.32. The molecule has 0 N–H and O–H groups in total. The van der Waals surface area contributed by atoms with Crippen molar-refractivity contribution in [1.82, 2.24) is 10.3 Å². The quantitative estimate of drug-likeness (QED) is 0.560. The zero-order valence-electron chi connectivity index (χ0n) is 8.29. The molecule has 7 heteroatoms. The lowest BCUT2D eigenvalue weighted by atomic mass is 10.1. The normalized spacial score (nSPS) is 15.1. The van der Waals surface area contributed by atoms with E-state index in [2.05, 4.69) is 19.8 Å². The van der Waals surface area contributed by atoms with Crippen molar-refractivity contribution >= 4 is 22.4 Å².